The van der Waals surface area contributed by atoms with Gasteiger partial charge in [-0.15, -0.1) is 0 Å². The van der Waals surface area contributed by atoms with Crippen molar-refractivity contribution in [2.75, 3.05) is 0 Å². The number of rotatable bonds is 3. The summed E-state index contributed by atoms with van der Waals surface area (Å²) in [5, 5.41) is 17.9. The zero-order chi connectivity index (χ0) is 11.6. The molecule has 0 fully saturated rings. The predicted molar refractivity (Wildman–Crippen MR) is 56.5 cm³/mol. The molecule has 82 valence electrons. The van der Waals surface area contributed by atoms with Gasteiger partial charge in [-0.1, -0.05) is 15.9 Å². The van der Waals surface area contributed by atoms with Gasteiger partial charge in [0.2, 0.25) is 0 Å². The summed E-state index contributed by atoms with van der Waals surface area (Å²) in [5.74, 6) is -2.18. The Balaban J connectivity index is 3.09. The fourth-order valence-corrected chi connectivity index (χ4v) is 1.73. The van der Waals surface area contributed by atoms with Crippen LogP contribution < -0.4 is 0 Å². The van der Waals surface area contributed by atoms with Crippen molar-refractivity contribution in [3.63, 3.8) is 0 Å². The van der Waals surface area contributed by atoms with E-state index in [4.69, 9.17) is 5.11 Å². The summed E-state index contributed by atoms with van der Waals surface area (Å²) < 4.78 is 13.6. The number of carboxylic acid groups (broad SMARTS) is 1. The first-order valence-electron chi connectivity index (χ1n) is 4.31. The Hall–Kier alpha value is -1.10. The number of phenolic OH excluding ortho intramolecular Hbond substituents is 1. The Morgan fingerprint density at radius 3 is 2.73 bits per heavy atom. The van der Waals surface area contributed by atoms with Gasteiger partial charge in [-0.25, -0.2) is 4.39 Å². The average Bonchev–Trinajstić information content (AvgIpc) is 2.14. The van der Waals surface area contributed by atoms with E-state index >= 15 is 0 Å². The summed E-state index contributed by atoms with van der Waals surface area (Å²) in [4.78, 5) is 10.4. The maximum Gasteiger partial charge on any atom is 0.303 e. The van der Waals surface area contributed by atoms with Crippen LogP contribution in [0, 0.1) is 12.7 Å². The molecule has 0 aromatic heterocycles. The summed E-state index contributed by atoms with van der Waals surface area (Å²) in [6.07, 6.45) is -0.0202. The number of halogens is 2. The second kappa shape index (κ2) is 4.61. The van der Waals surface area contributed by atoms with Crippen LogP contribution in [0.25, 0.3) is 0 Å². The van der Waals surface area contributed by atoms with Crippen molar-refractivity contribution in [3.05, 3.63) is 27.5 Å². The Kier molecular flexibility index (Phi) is 3.68. The van der Waals surface area contributed by atoms with Crippen LogP contribution >= 0.6 is 15.9 Å². The molecule has 0 aliphatic heterocycles. The lowest BCUT2D eigenvalue weighted by molar-refractivity contribution is -0.136. The van der Waals surface area contributed by atoms with Crippen LogP contribution in [-0.2, 0) is 11.2 Å². The number of hydrogen-bond acceptors (Lipinski definition) is 2. The summed E-state index contributed by atoms with van der Waals surface area (Å²) in [7, 11) is 0. The highest BCUT2D eigenvalue weighted by Gasteiger charge is 2.14. The minimum Gasteiger partial charge on any atom is -0.505 e. The van der Waals surface area contributed by atoms with Gasteiger partial charge < -0.3 is 10.2 Å². The van der Waals surface area contributed by atoms with Crippen molar-refractivity contribution in [1.82, 2.24) is 0 Å². The molecule has 0 saturated heterocycles. The summed E-state index contributed by atoms with van der Waals surface area (Å²) >= 11 is 3.14. The van der Waals surface area contributed by atoms with E-state index in [9.17, 15) is 14.3 Å². The number of phenols is 1. The molecule has 0 radical (unpaired) electrons. The summed E-state index contributed by atoms with van der Waals surface area (Å²) in [6, 6.07) is 1.16. The lowest BCUT2D eigenvalue weighted by Crippen LogP contribution is -2.01. The van der Waals surface area contributed by atoms with Gasteiger partial charge in [-0.2, -0.15) is 0 Å². The van der Waals surface area contributed by atoms with E-state index in [1.54, 1.807) is 6.92 Å². The number of carbonyl (C=O) groups is 1. The molecule has 5 heteroatoms. The lowest BCUT2D eigenvalue weighted by Gasteiger charge is -2.09. The van der Waals surface area contributed by atoms with Crippen LogP contribution in [0.4, 0.5) is 4.39 Å². The number of carboxylic acids is 1. The largest absolute Gasteiger partial charge is 0.505 e. The second-order valence-corrected chi connectivity index (χ2v) is 4.04. The molecule has 15 heavy (non-hydrogen) atoms. The molecule has 2 N–H and O–H groups in total. The number of aliphatic carboxylic acids is 1. The third-order valence-corrected chi connectivity index (χ3v) is 2.99. The van der Waals surface area contributed by atoms with Gasteiger partial charge in [0.05, 0.1) is 0 Å². The molecule has 0 saturated carbocycles. The number of benzene rings is 1. The third-order valence-electron chi connectivity index (χ3n) is 2.17. The fraction of sp³-hybridized carbons (Fsp3) is 0.300. The van der Waals surface area contributed by atoms with Gasteiger partial charge in [0.25, 0.3) is 0 Å². The van der Waals surface area contributed by atoms with Crippen LogP contribution in [0.3, 0.4) is 0 Å². The monoisotopic (exact) mass is 276 g/mol. The van der Waals surface area contributed by atoms with E-state index < -0.39 is 17.5 Å². The van der Waals surface area contributed by atoms with Crippen molar-refractivity contribution in [3.8, 4) is 5.75 Å². The molecular formula is C10H10BrFO3. The molecule has 0 spiro atoms. The van der Waals surface area contributed by atoms with Crippen molar-refractivity contribution in [2.45, 2.75) is 19.8 Å². The van der Waals surface area contributed by atoms with Crippen LogP contribution in [0.1, 0.15) is 17.5 Å². The fourth-order valence-electron chi connectivity index (χ4n) is 1.29. The molecule has 0 aliphatic carbocycles. The second-order valence-electron chi connectivity index (χ2n) is 3.19. The smallest absolute Gasteiger partial charge is 0.303 e. The molecular weight excluding hydrogens is 267 g/mol. The van der Waals surface area contributed by atoms with Gasteiger partial charge in [0.1, 0.15) is 0 Å². The normalized spacial score (nSPS) is 10.3. The molecule has 1 aromatic carbocycles. The highest BCUT2D eigenvalue weighted by Crippen LogP contribution is 2.31. The zero-order valence-corrected chi connectivity index (χ0v) is 9.64. The third kappa shape index (κ3) is 2.68. The van der Waals surface area contributed by atoms with Crippen LogP contribution in [-0.4, -0.2) is 16.2 Å². The molecule has 1 rings (SSSR count). The maximum absolute atomic E-state index is 13.1. The topological polar surface area (TPSA) is 57.5 Å². The van der Waals surface area contributed by atoms with E-state index in [0.717, 1.165) is 6.07 Å². The highest BCUT2D eigenvalue weighted by atomic mass is 79.9. The Morgan fingerprint density at radius 1 is 1.60 bits per heavy atom. The van der Waals surface area contributed by atoms with Crippen LogP contribution in [0.15, 0.2) is 10.5 Å². The summed E-state index contributed by atoms with van der Waals surface area (Å²) in [6.45, 7) is 1.69. The number of aromatic hydroxyl groups is 1. The van der Waals surface area contributed by atoms with Crippen molar-refractivity contribution in [1.29, 1.82) is 0 Å². The Labute approximate surface area is 94.7 Å². The van der Waals surface area contributed by atoms with Crippen molar-refractivity contribution >= 4 is 21.9 Å². The SMILES string of the molecule is Cc1c(Br)cc(F)c(O)c1CCC(=O)O. The first kappa shape index (κ1) is 12.0. The van der Waals surface area contributed by atoms with Crippen molar-refractivity contribution < 1.29 is 19.4 Å². The predicted octanol–water partition coefficient (Wildman–Crippen LogP) is 2.62. The molecule has 0 aliphatic rings. The van der Waals surface area contributed by atoms with Gasteiger partial charge in [-0.05, 0) is 25.0 Å². The molecule has 0 bridgehead atoms. The minimum absolute atomic E-state index is 0.114. The van der Waals surface area contributed by atoms with E-state index in [0.29, 0.717) is 15.6 Å². The molecule has 0 atom stereocenters. The standard InChI is InChI=1S/C10H10BrFO3/c1-5-6(2-3-9(13)14)10(15)8(12)4-7(5)11/h4,15H,2-3H2,1H3,(H,13,14). The average molecular weight is 277 g/mol. The van der Waals surface area contributed by atoms with E-state index in [1.807, 2.05) is 0 Å². The van der Waals surface area contributed by atoms with Gasteiger partial charge in [0.15, 0.2) is 11.6 Å². The van der Waals surface area contributed by atoms with E-state index in [2.05, 4.69) is 15.9 Å². The Bertz CT molecular complexity index is 378. The van der Waals surface area contributed by atoms with E-state index in [1.165, 1.54) is 0 Å². The van der Waals surface area contributed by atoms with E-state index in [-0.39, 0.29) is 12.8 Å². The summed E-state index contributed by atoms with van der Waals surface area (Å²) in [5.41, 5.74) is 0.999. The van der Waals surface area contributed by atoms with Gasteiger partial charge in [-0.3, -0.25) is 4.79 Å². The molecule has 0 amide bonds. The lowest BCUT2D eigenvalue weighted by atomic mass is 10.0. The van der Waals surface area contributed by atoms with Gasteiger partial charge in [0, 0.05) is 16.5 Å². The van der Waals surface area contributed by atoms with Crippen molar-refractivity contribution in [2.24, 2.45) is 0 Å². The highest BCUT2D eigenvalue weighted by molar-refractivity contribution is 9.10. The molecule has 3 nitrogen and oxygen atoms in total. The Morgan fingerprint density at radius 2 is 2.20 bits per heavy atom. The molecule has 0 unspecified atom stereocenters. The maximum atomic E-state index is 13.1. The van der Waals surface area contributed by atoms with Crippen LogP contribution in [0.5, 0.6) is 5.75 Å². The minimum atomic E-state index is -0.978. The quantitative estimate of drug-likeness (QED) is 0.892. The van der Waals surface area contributed by atoms with Gasteiger partial charge >= 0.3 is 5.97 Å². The number of hydrogen-bond donors (Lipinski definition) is 2. The van der Waals surface area contributed by atoms with Crippen LogP contribution in [0.2, 0.25) is 0 Å². The first-order chi connectivity index (χ1) is 6.93. The first-order valence-corrected chi connectivity index (χ1v) is 5.11. The molecule has 0 heterocycles. The zero-order valence-electron chi connectivity index (χ0n) is 8.05. The molecule has 1 aromatic rings.